The highest BCUT2D eigenvalue weighted by atomic mass is 14.8. The Morgan fingerprint density at radius 3 is 2.94 bits per heavy atom. The SMILES string of the molecule is CCNCCC=C(C)c1c(C)ccnc1N. The molecule has 0 aliphatic carbocycles. The van der Waals surface area contributed by atoms with E-state index in [9.17, 15) is 0 Å². The van der Waals surface area contributed by atoms with Crippen LogP contribution in [0.4, 0.5) is 5.82 Å². The predicted molar refractivity (Wildman–Crippen MR) is 70.2 cm³/mol. The lowest BCUT2D eigenvalue weighted by molar-refractivity contribution is 0.727. The molecule has 16 heavy (non-hydrogen) atoms. The van der Waals surface area contributed by atoms with Crippen LogP contribution in [0.25, 0.3) is 5.57 Å². The van der Waals surface area contributed by atoms with Crippen LogP contribution in [0.1, 0.15) is 31.4 Å². The van der Waals surface area contributed by atoms with Crippen LogP contribution >= 0.6 is 0 Å². The van der Waals surface area contributed by atoms with Crippen molar-refractivity contribution in [2.75, 3.05) is 18.8 Å². The van der Waals surface area contributed by atoms with Crippen LogP contribution in [0, 0.1) is 6.92 Å². The molecule has 1 rings (SSSR count). The van der Waals surface area contributed by atoms with Gasteiger partial charge in [-0.2, -0.15) is 0 Å². The second-order valence-electron chi connectivity index (χ2n) is 3.92. The fraction of sp³-hybridized carbons (Fsp3) is 0.462. The first kappa shape index (κ1) is 12.7. The number of nitrogens with one attached hydrogen (secondary N) is 1. The summed E-state index contributed by atoms with van der Waals surface area (Å²) in [6, 6.07) is 1.99. The Hall–Kier alpha value is -1.35. The van der Waals surface area contributed by atoms with Crippen LogP contribution in [-0.2, 0) is 0 Å². The maximum Gasteiger partial charge on any atom is 0.131 e. The van der Waals surface area contributed by atoms with Gasteiger partial charge in [-0.05, 0) is 50.6 Å². The monoisotopic (exact) mass is 219 g/mol. The van der Waals surface area contributed by atoms with Crippen LogP contribution in [-0.4, -0.2) is 18.1 Å². The fourth-order valence-corrected chi connectivity index (χ4v) is 1.76. The Kier molecular flexibility index (Phi) is 4.99. The summed E-state index contributed by atoms with van der Waals surface area (Å²) in [5.41, 5.74) is 9.36. The van der Waals surface area contributed by atoms with E-state index in [-0.39, 0.29) is 0 Å². The van der Waals surface area contributed by atoms with Gasteiger partial charge in [0.15, 0.2) is 0 Å². The molecule has 0 unspecified atom stereocenters. The van der Waals surface area contributed by atoms with E-state index in [1.807, 2.05) is 6.07 Å². The third kappa shape index (κ3) is 3.35. The highest BCUT2D eigenvalue weighted by molar-refractivity contribution is 5.73. The summed E-state index contributed by atoms with van der Waals surface area (Å²) in [5.74, 6) is 0.622. The quantitative estimate of drug-likeness (QED) is 0.748. The molecular formula is C13H21N3. The molecule has 1 aromatic rings. The van der Waals surface area contributed by atoms with E-state index < -0.39 is 0 Å². The van der Waals surface area contributed by atoms with Crippen molar-refractivity contribution in [3.05, 3.63) is 29.5 Å². The number of anilines is 1. The van der Waals surface area contributed by atoms with Gasteiger partial charge in [0.05, 0.1) is 0 Å². The van der Waals surface area contributed by atoms with E-state index in [1.54, 1.807) is 6.20 Å². The van der Waals surface area contributed by atoms with Crippen molar-refractivity contribution < 1.29 is 0 Å². The lowest BCUT2D eigenvalue weighted by Gasteiger charge is -2.08. The van der Waals surface area contributed by atoms with Gasteiger partial charge in [-0.15, -0.1) is 0 Å². The van der Waals surface area contributed by atoms with Crippen LogP contribution in [0.2, 0.25) is 0 Å². The standard InChI is InChI=1S/C13H21N3/c1-4-15-8-5-6-10(2)12-11(3)7-9-16-13(12)14/h6-7,9,15H,4-5,8H2,1-3H3,(H2,14,16). The molecule has 0 radical (unpaired) electrons. The number of rotatable bonds is 5. The van der Waals surface area contributed by atoms with Crippen molar-refractivity contribution in [2.24, 2.45) is 0 Å². The van der Waals surface area contributed by atoms with Crippen LogP contribution < -0.4 is 11.1 Å². The number of aryl methyl sites for hydroxylation is 1. The zero-order valence-corrected chi connectivity index (χ0v) is 10.4. The average molecular weight is 219 g/mol. The molecule has 0 saturated carbocycles. The molecule has 3 nitrogen and oxygen atoms in total. The van der Waals surface area contributed by atoms with Gasteiger partial charge in [-0.3, -0.25) is 0 Å². The first-order chi connectivity index (χ1) is 7.66. The molecule has 1 heterocycles. The van der Waals surface area contributed by atoms with Crippen molar-refractivity contribution in [1.29, 1.82) is 0 Å². The number of allylic oxidation sites excluding steroid dienone is 1. The van der Waals surface area contributed by atoms with Gasteiger partial charge in [-0.1, -0.05) is 13.0 Å². The molecule has 0 spiro atoms. The van der Waals surface area contributed by atoms with Gasteiger partial charge in [0.1, 0.15) is 5.82 Å². The van der Waals surface area contributed by atoms with Gasteiger partial charge in [0.25, 0.3) is 0 Å². The third-order valence-corrected chi connectivity index (χ3v) is 2.60. The Balaban J connectivity index is 2.75. The zero-order chi connectivity index (χ0) is 12.0. The second kappa shape index (κ2) is 6.28. The zero-order valence-electron chi connectivity index (χ0n) is 10.4. The molecule has 0 aliphatic rings. The van der Waals surface area contributed by atoms with Gasteiger partial charge in [-0.25, -0.2) is 4.98 Å². The molecule has 1 aromatic heterocycles. The Labute approximate surface area is 97.8 Å². The summed E-state index contributed by atoms with van der Waals surface area (Å²) < 4.78 is 0. The lowest BCUT2D eigenvalue weighted by Crippen LogP contribution is -2.13. The van der Waals surface area contributed by atoms with Crippen molar-refractivity contribution in [3.8, 4) is 0 Å². The largest absolute Gasteiger partial charge is 0.383 e. The minimum absolute atomic E-state index is 0.622. The van der Waals surface area contributed by atoms with E-state index >= 15 is 0 Å². The second-order valence-corrected chi connectivity index (χ2v) is 3.92. The Morgan fingerprint density at radius 1 is 1.56 bits per heavy atom. The Morgan fingerprint density at radius 2 is 2.31 bits per heavy atom. The number of hydrogen-bond acceptors (Lipinski definition) is 3. The number of pyridine rings is 1. The topological polar surface area (TPSA) is 50.9 Å². The first-order valence-corrected chi connectivity index (χ1v) is 5.75. The minimum Gasteiger partial charge on any atom is -0.383 e. The van der Waals surface area contributed by atoms with Crippen molar-refractivity contribution in [2.45, 2.75) is 27.2 Å². The van der Waals surface area contributed by atoms with Gasteiger partial charge in [0, 0.05) is 11.8 Å². The number of nitrogen functional groups attached to an aromatic ring is 1. The van der Waals surface area contributed by atoms with Gasteiger partial charge < -0.3 is 11.1 Å². The van der Waals surface area contributed by atoms with E-state index in [1.165, 1.54) is 11.1 Å². The normalized spacial score (nSPS) is 11.8. The molecule has 3 heteroatoms. The smallest absolute Gasteiger partial charge is 0.131 e. The molecule has 0 aromatic carbocycles. The number of nitrogens with two attached hydrogens (primary N) is 1. The molecule has 0 aliphatic heterocycles. The van der Waals surface area contributed by atoms with Crippen LogP contribution in [0.15, 0.2) is 18.3 Å². The molecule has 0 saturated heterocycles. The molecule has 0 fully saturated rings. The third-order valence-electron chi connectivity index (χ3n) is 2.60. The summed E-state index contributed by atoms with van der Waals surface area (Å²) in [6.45, 7) is 8.29. The highest BCUT2D eigenvalue weighted by Crippen LogP contribution is 2.23. The molecule has 0 atom stereocenters. The summed E-state index contributed by atoms with van der Waals surface area (Å²) in [4.78, 5) is 4.13. The van der Waals surface area contributed by atoms with E-state index in [0.29, 0.717) is 5.82 Å². The number of nitrogens with zero attached hydrogens (tertiary/aromatic N) is 1. The summed E-state index contributed by atoms with van der Waals surface area (Å²) in [7, 11) is 0. The van der Waals surface area contributed by atoms with E-state index in [2.05, 4.69) is 37.1 Å². The van der Waals surface area contributed by atoms with Crippen LogP contribution in [0.5, 0.6) is 0 Å². The number of hydrogen-bond donors (Lipinski definition) is 2. The maximum absolute atomic E-state index is 5.89. The number of aromatic nitrogens is 1. The minimum atomic E-state index is 0.622. The van der Waals surface area contributed by atoms with Gasteiger partial charge >= 0.3 is 0 Å². The van der Waals surface area contributed by atoms with Crippen molar-refractivity contribution >= 4 is 11.4 Å². The maximum atomic E-state index is 5.89. The summed E-state index contributed by atoms with van der Waals surface area (Å²) in [6.07, 6.45) is 4.98. The molecule has 88 valence electrons. The lowest BCUT2D eigenvalue weighted by atomic mass is 10.0. The molecule has 0 bridgehead atoms. The van der Waals surface area contributed by atoms with E-state index in [4.69, 9.17) is 5.73 Å². The predicted octanol–water partition coefficient (Wildman–Crippen LogP) is 2.38. The van der Waals surface area contributed by atoms with Gasteiger partial charge in [0.2, 0.25) is 0 Å². The molecule has 3 N–H and O–H groups in total. The Bertz CT molecular complexity index is 349. The molecular weight excluding hydrogens is 198 g/mol. The molecule has 0 amide bonds. The fourth-order valence-electron chi connectivity index (χ4n) is 1.76. The van der Waals surface area contributed by atoms with Crippen molar-refractivity contribution in [1.82, 2.24) is 10.3 Å². The summed E-state index contributed by atoms with van der Waals surface area (Å²) in [5, 5.41) is 3.29. The first-order valence-electron chi connectivity index (χ1n) is 5.75. The van der Waals surface area contributed by atoms with E-state index in [0.717, 1.165) is 25.1 Å². The van der Waals surface area contributed by atoms with Crippen LogP contribution in [0.3, 0.4) is 0 Å². The van der Waals surface area contributed by atoms with Crippen molar-refractivity contribution in [3.63, 3.8) is 0 Å². The average Bonchev–Trinajstić information content (AvgIpc) is 2.24. The highest BCUT2D eigenvalue weighted by Gasteiger charge is 2.05. The summed E-state index contributed by atoms with van der Waals surface area (Å²) >= 11 is 0.